The van der Waals surface area contributed by atoms with Crippen LogP contribution in [-0.2, 0) is 4.79 Å². The van der Waals surface area contributed by atoms with Crippen LogP contribution in [0, 0.1) is 29.1 Å². The van der Waals surface area contributed by atoms with Gasteiger partial charge in [-0.2, -0.15) is 0 Å². The molecule has 0 spiro atoms. The first-order valence-electron chi connectivity index (χ1n) is 7.94. The molecule has 0 aromatic rings. The molecule has 4 atom stereocenters. The highest BCUT2D eigenvalue weighted by molar-refractivity contribution is 5.82. The summed E-state index contributed by atoms with van der Waals surface area (Å²) < 4.78 is 0. The maximum absolute atomic E-state index is 12.4. The molecule has 0 N–H and O–H groups in total. The van der Waals surface area contributed by atoms with Crippen molar-refractivity contribution in [3.8, 4) is 0 Å². The first-order valence-corrected chi connectivity index (χ1v) is 7.94. The van der Waals surface area contributed by atoms with Crippen molar-refractivity contribution in [1.29, 1.82) is 0 Å². The van der Waals surface area contributed by atoms with E-state index < -0.39 is 0 Å². The van der Waals surface area contributed by atoms with Gasteiger partial charge in [-0.1, -0.05) is 40.5 Å². The number of hydrogen-bond acceptors (Lipinski definition) is 1. The Bertz CT molecular complexity index is 305. The van der Waals surface area contributed by atoms with Gasteiger partial charge in [-0.3, -0.25) is 4.79 Å². The molecule has 2 saturated carbocycles. The molecule has 1 nitrogen and oxygen atoms in total. The van der Waals surface area contributed by atoms with Crippen molar-refractivity contribution in [2.24, 2.45) is 29.1 Å². The topological polar surface area (TPSA) is 17.1 Å². The molecular formula is C17H30O. The fraction of sp³-hybridized carbons (Fsp3) is 0.941. The lowest BCUT2D eigenvalue weighted by Gasteiger charge is -2.45. The molecule has 4 unspecified atom stereocenters. The maximum Gasteiger partial charge on any atom is 0.136 e. The fourth-order valence-electron chi connectivity index (χ4n) is 4.38. The van der Waals surface area contributed by atoms with E-state index >= 15 is 0 Å². The van der Waals surface area contributed by atoms with Gasteiger partial charge >= 0.3 is 0 Å². The second-order valence-corrected chi connectivity index (χ2v) is 7.70. The van der Waals surface area contributed by atoms with Crippen LogP contribution in [0.4, 0.5) is 0 Å². The Morgan fingerprint density at radius 1 is 1.00 bits per heavy atom. The lowest BCUT2D eigenvalue weighted by molar-refractivity contribution is -0.132. The summed E-state index contributed by atoms with van der Waals surface area (Å²) in [6.45, 7) is 9.35. The number of Topliss-reactive ketones (excluding diaryl/α,β-unsaturated/α-hetero) is 1. The minimum absolute atomic E-state index is 0.228. The number of ketones is 1. The van der Waals surface area contributed by atoms with Gasteiger partial charge in [0.25, 0.3) is 0 Å². The fourth-order valence-corrected chi connectivity index (χ4v) is 4.38. The lowest BCUT2D eigenvalue weighted by atomic mass is 9.59. The molecule has 0 saturated heterocycles. The Labute approximate surface area is 113 Å². The third-order valence-electron chi connectivity index (χ3n) is 5.77. The predicted octanol–water partition coefficient (Wildman–Crippen LogP) is 4.84. The van der Waals surface area contributed by atoms with Gasteiger partial charge in [-0.15, -0.1) is 0 Å². The summed E-state index contributed by atoms with van der Waals surface area (Å²) in [5.74, 6) is 3.14. The van der Waals surface area contributed by atoms with Crippen LogP contribution in [0.25, 0.3) is 0 Å². The average Bonchev–Trinajstić information content (AvgIpc) is 2.28. The van der Waals surface area contributed by atoms with Crippen molar-refractivity contribution < 1.29 is 4.79 Å². The minimum Gasteiger partial charge on any atom is -0.299 e. The van der Waals surface area contributed by atoms with Crippen LogP contribution in [0.1, 0.15) is 72.6 Å². The van der Waals surface area contributed by atoms with Gasteiger partial charge in [0, 0.05) is 12.3 Å². The van der Waals surface area contributed by atoms with Crippen LogP contribution in [0.15, 0.2) is 0 Å². The van der Waals surface area contributed by atoms with Crippen LogP contribution in [-0.4, -0.2) is 5.78 Å². The van der Waals surface area contributed by atoms with Gasteiger partial charge in [0.05, 0.1) is 0 Å². The summed E-state index contributed by atoms with van der Waals surface area (Å²) in [5, 5.41) is 0. The smallest absolute Gasteiger partial charge is 0.136 e. The van der Waals surface area contributed by atoms with E-state index in [1.807, 2.05) is 0 Å². The van der Waals surface area contributed by atoms with E-state index in [-0.39, 0.29) is 5.41 Å². The molecular weight excluding hydrogens is 220 g/mol. The van der Waals surface area contributed by atoms with Gasteiger partial charge in [0.2, 0.25) is 0 Å². The summed E-state index contributed by atoms with van der Waals surface area (Å²) in [6, 6.07) is 0. The highest BCUT2D eigenvalue weighted by Crippen LogP contribution is 2.48. The third-order valence-corrected chi connectivity index (χ3v) is 5.77. The minimum atomic E-state index is 0.228. The molecule has 0 aromatic carbocycles. The van der Waals surface area contributed by atoms with Gasteiger partial charge in [-0.05, 0) is 48.9 Å². The highest BCUT2D eigenvalue weighted by atomic mass is 16.1. The van der Waals surface area contributed by atoms with E-state index in [0.717, 1.165) is 24.7 Å². The zero-order chi connectivity index (χ0) is 13.3. The van der Waals surface area contributed by atoms with Gasteiger partial charge in [-0.25, -0.2) is 0 Å². The molecule has 0 heterocycles. The molecule has 0 bridgehead atoms. The number of carbonyl (C=O) groups excluding carboxylic acids is 1. The van der Waals surface area contributed by atoms with Crippen LogP contribution in [0.2, 0.25) is 0 Å². The molecule has 0 radical (unpaired) electrons. The Hall–Kier alpha value is -0.330. The molecule has 18 heavy (non-hydrogen) atoms. The summed E-state index contributed by atoms with van der Waals surface area (Å²) in [5.41, 5.74) is 0.228. The third kappa shape index (κ3) is 2.81. The zero-order valence-corrected chi connectivity index (χ0v) is 12.7. The predicted molar refractivity (Wildman–Crippen MR) is 76.4 cm³/mol. The summed E-state index contributed by atoms with van der Waals surface area (Å²) in [7, 11) is 0. The van der Waals surface area contributed by atoms with E-state index in [1.54, 1.807) is 0 Å². The molecule has 2 aliphatic rings. The van der Waals surface area contributed by atoms with Gasteiger partial charge < -0.3 is 0 Å². The standard InChI is InChI=1S/C17H30O/c1-12-6-5-7-14(10-12)17(3,4)15-9-8-13(2)11-16(15)18/h12-15H,5-11H2,1-4H3. The number of hydrogen-bond donors (Lipinski definition) is 0. The number of rotatable bonds is 2. The van der Waals surface area contributed by atoms with E-state index in [2.05, 4.69) is 27.7 Å². The largest absolute Gasteiger partial charge is 0.299 e. The first kappa shape index (κ1) is 14.1. The number of carbonyl (C=O) groups is 1. The summed E-state index contributed by atoms with van der Waals surface area (Å²) in [6.07, 6.45) is 8.66. The second-order valence-electron chi connectivity index (χ2n) is 7.70. The summed E-state index contributed by atoms with van der Waals surface area (Å²) in [4.78, 5) is 12.4. The monoisotopic (exact) mass is 250 g/mol. The average molecular weight is 250 g/mol. The molecule has 2 fully saturated rings. The SMILES string of the molecule is CC1CCC(C(C)(C)C2CCCC(C)C2)C(=O)C1. The van der Waals surface area contributed by atoms with Crippen LogP contribution >= 0.6 is 0 Å². The van der Waals surface area contributed by atoms with Crippen LogP contribution in [0.5, 0.6) is 0 Å². The van der Waals surface area contributed by atoms with E-state index in [0.29, 0.717) is 17.6 Å². The molecule has 0 aliphatic heterocycles. The van der Waals surface area contributed by atoms with E-state index in [4.69, 9.17) is 0 Å². The molecule has 2 rings (SSSR count). The Kier molecular flexibility index (Phi) is 4.18. The van der Waals surface area contributed by atoms with Crippen molar-refractivity contribution >= 4 is 5.78 Å². The zero-order valence-electron chi connectivity index (χ0n) is 12.7. The van der Waals surface area contributed by atoms with Crippen molar-refractivity contribution in [1.82, 2.24) is 0 Å². The van der Waals surface area contributed by atoms with Gasteiger partial charge in [0.1, 0.15) is 5.78 Å². The Morgan fingerprint density at radius 3 is 2.33 bits per heavy atom. The first-order chi connectivity index (χ1) is 8.41. The molecule has 0 aromatic heterocycles. The summed E-state index contributed by atoms with van der Waals surface area (Å²) >= 11 is 0. The lowest BCUT2D eigenvalue weighted by Crippen LogP contribution is -2.41. The van der Waals surface area contributed by atoms with E-state index in [1.165, 1.54) is 32.1 Å². The Morgan fingerprint density at radius 2 is 1.72 bits per heavy atom. The normalized spacial score (nSPS) is 38.8. The van der Waals surface area contributed by atoms with Crippen LogP contribution < -0.4 is 0 Å². The van der Waals surface area contributed by atoms with Gasteiger partial charge in [0.15, 0.2) is 0 Å². The molecule has 2 aliphatic carbocycles. The maximum atomic E-state index is 12.4. The Balaban J connectivity index is 2.07. The van der Waals surface area contributed by atoms with Crippen molar-refractivity contribution in [2.75, 3.05) is 0 Å². The second kappa shape index (κ2) is 5.35. The van der Waals surface area contributed by atoms with Crippen LogP contribution in [0.3, 0.4) is 0 Å². The molecule has 104 valence electrons. The van der Waals surface area contributed by atoms with E-state index in [9.17, 15) is 4.79 Å². The quantitative estimate of drug-likeness (QED) is 0.685. The highest BCUT2D eigenvalue weighted by Gasteiger charge is 2.43. The van der Waals surface area contributed by atoms with Crippen molar-refractivity contribution in [2.45, 2.75) is 72.6 Å². The molecule has 1 heteroatoms. The van der Waals surface area contributed by atoms with Crippen molar-refractivity contribution in [3.05, 3.63) is 0 Å². The molecule has 0 amide bonds. The van der Waals surface area contributed by atoms with Crippen molar-refractivity contribution in [3.63, 3.8) is 0 Å².